The molecule has 4 rings (SSSR count). The van der Waals surface area contributed by atoms with Crippen LogP contribution in [0.2, 0.25) is 0 Å². The summed E-state index contributed by atoms with van der Waals surface area (Å²) in [5, 5.41) is 30.8. The Bertz CT molecular complexity index is 1190. The lowest BCUT2D eigenvalue weighted by atomic mass is 9.95. The highest BCUT2D eigenvalue weighted by Crippen LogP contribution is 2.24. The van der Waals surface area contributed by atoms with Gasteiger partial charge in [-0.3, -0.25) is 14.3 Å². The molecule has 2 aromatic rings. The number of nitrogens with two attached hydrogens (primary N) is 2. The molecule has 2 fully saturated rings. The van der Waals surface area contributed by atoms with Gasteiger partial charge in [0.05, 0.1) is 12.7 Å². The number of carbonyl (C=O) groups excluding carboxylic acids is 1. The summed E-state index contributed by atoms with van der Waals surface area (Å²) in [6.45, 7) is 6.33. The van der Waals surface area contributed by atoms with Crippen LogP contribution in [0.4, 0.5) is 17.6 Å². The van der Waals surface area contributed by atoms with Crippen molar-refractivity contribution in [2.75, 3.05) is 55.2 Å². The molecule has 1 unspecified atom stereocenters. The van der Waals surface area contributed by atoms with Crippen LogP contribution in [-0.4, -0.2) is 93.3 Å². The lowest BCUT2D eigenvalue weighted by Crippen LogP contribution is -2.41. The highest BCUT2D eigenvalue weighted by Gasteiger charge is 2.23. The Morgan fingerprint density at radius 2 is 1.89 bits per heavy atom. The van der Waals surface area contributed by atoms with E-state index in [1.807, 2.05) is 10.9 Å². The largest absolute Gasteiger partial charge is 0.480 e. The van der Waals surface area contributed by atoms with Gasteiger partial charge in [-0.15, -0.1) is 5.10 Å². The van der Waals surface area contributed by atoms with Crippen molar-refractivity contribution in [2.45, 2.75) is 95.8 Å². The first kappa shape index (κ1) is 34.3. The highest BCUT2D eigenvalue weighted by atomic mass is 16.4. The summed E-state index contributed by atoms with van der Waals surface area (Å²) in [7, 11) is 0. The molecule has 3 heterocycles. The van der Waals surface area contributed by atoms with Gasteiger partial charge in [0.25, 0.3) is 0 Å². The van der Waals surface area contributed by atoms with Crippen molar-refractivity contribution in [1.29, 1.82) is 0 Å². The van der Waals surface area contributed by atoms with Gasteiger partial charge < -0.3 is 42.7 Å². The summed E-state index contributed by atoms with van der Waals surface area (Å²) in [5.74, 6) is 0.465. The summed E-state index contributed by atoms with van der Waals surface area (Å²) in [6.07, 6.45) is 13.0. The molecule has 15 nitrogen and oxygen atoms in total. The van der Waals surface area contributed by atoms with E-state index in [9.17, 15) is 9.59 Å². The van der Waals surface area contributed by atoms with Gasteiger partial charge in [0.2, 0.25) is 11.9 Å². The minimum Gasteiger partial charge on any atom is -0.480 e. The topological polar surface area (TPSA) is 214 Å². The molecular formula is C30H52N12O3. The van der Waals surface area contributed by atoms with Gasteiger partial charge in [0.1, 0.15) is 23.4 Å². The fraction of sp³-hybridized carbons (Fsp3) is 0.733. The number of hydrogen-bond donors (Lipinski definition) is 7. The fourth-order valence-corrected chi connectivity index (χ4v) is 5.91. The predicted octanol–water partition coefficient (Wildman–Crippen LogP) is 1.08. The van der Waals surface area contributed by atoms with E-state index in [0.29, 0.717) is 31.4 Å². The Morgan fingerprint density at radius 1 is 1.07 bits per heavy atom. The second-order valence-corrected chi connectivity index (χ2v) is 12.3. The minimum atomic E-state index is -1.10. The lowest BCUT2D eigenvalue weighted by Gasteiger charge is -2.33. The molecule has 1 aliphatic heterocycles. The van der Waals surface area contributed by atoms with E-state index in [2.05, 4.69) is 41.5 Å². The van der Waals surface area contributed by atoms with Crippen LogP contribution in [0.3, 0.4) is 0 Å². The molecule has 1 saturated carbocycles. The molecule has 1 saturated heterocycles. The molecule has 0 spiro atoms. The van der Waals surface area contributed by atoms with Crippen LogP contribution >= 0.6 is 0 Å². The first-order chi connectivity index (χ1) is 21.9. The number of aryl methyl sites for hydroxylation is 1. The molecule has 1 aliphatic carbocycles. The normalized spacial score (nSPS) is 18.1. The van der Waals surface area contributed by atoms with E-state index < -0.39 is 12.0 Å². The molecule has 0 aromatic carbocycles. The monoisotopic (exact) mass is 628 g/mol. The number of amides is 1. The molecule has 2 aliphatic rings. The fourth-order valence-electron chi connectivity index (χ4n) is 5.91. The van der Waals surface area contributed by atoms with Gasteiger partial charge in [-0.25, -0.2) is 0 Å². The zero-order valence-corrected chi connectivity index (χ0v) is 26.4. The van der Waals surface area contributed by atoms with Crippen molar-refractivity contribution in [1.82, 2.24) is 40.9 Å². The van der Waals surface area contributed by atoms with Crippen LogP contribution < -0.4 is 37.6 Å². The maximum absolute atomic E-state index is 12.2. The Hall–Kier alpha value is -3.56. The first-order valence-corrected chi connectivity index (χ1v) is 16.6. The second-order valence-electron chi connectivity index (χ2n) is 12.3. The molecule has 2 atom stereocenters. The molecule has 0 radical (unpaired) electrons. The number of carboxylic acids is 1. The number of aromatic nitrogens is 5. The number of nitrogen functional groups attached to an aromatic ring is 1. The van der Waals surface area contributed by atoms with E-state index in [0.717, 1.165) is 76.0 Å². The van der Waals surface area contributed by atoms with Gasteiger partial charge in [-0.1, -0.05) is 24.5 Å². The van der Waals surface area contributed by atoms with Crippen LogP contribution in [-0.2, 0) is 22.7 Å². The van der Waals surface area contributed by atoms with Crippen molar-refractivity contribution in [3.63, 3.8) is 0 Å². The van der Waals surface area contributed by atoms with Crippen molar-refractivity contribution in [3.8, 4) is 0 Å². The number of nitrogens with one attached hydrogen (secondary N) is 4. The summed E-state index contributed by atoms with van der Waals surface area (Å²) < 4.78 is 1.86. The van der Waals surface area contributed by atoms with Crippen molar-refractivity contribution < 1.29 is 14.7 Å². The summed E-state index contributed by atoms with van der Waals surface area (Å²) >= 11 is 0. The number of nitrogens with zero attached hydrogens (tertiary/aromatic N) is 6. The third-order valence-electron chi connectivity index (χ3n) is 8.49. The second kappa shape index (κ2) is 18.4. The van der Waals surface area contributed by atoms with Gasteiger partial charge in [-0.05, 0) is 70.5 Å². The predicted molar refractivity (Wildman–Crippen MR) is 174 cm³/mol. The number of carbonyl (C=O) groups is 2. The third-order valence-corrected chi connectivity index (χ3v) is 8.49. The maximum Gasteiger partial charge on any atom is 0.320 e. The number of anilines is 3. The van der Waals surface area contributed by atoms with Crippen LogP contribution in [0, 0.1) is 5.92 Å². The SMILES string of the molecule is Nc1cc(N2CCCC(CNC(=O)CC[C@H](N)C(=O)O)C2)nc(NCc2cn(CCCNCCCNC3CCCCC3)nn2)n1. The van der Waals surface area contributed by atoms with Crippen LogP contribution in [0.1, 0.15) is 76.3 Å². The van der Waals surface area contributed by atoms with E-state index >= 15 is 0 Å². The molecule has 2 aromatic heterocycles. The zero-order valence-electron chi connectivity index (χ0n) is 26.4. The Labute approximate surface area is 265 Å². The average Bonchev–Trinajstić information content (AvgIpc) is 3.51. The van der Waals surface area contributed by atoms with Crippen molar-refractivity contribution in [3.05, 3.63) is 18.0 Å². The Balaban J connectivity index is 1.13. The van der Waals surface area contributed by atoms with E-state index in [1.165, 1.54) is 32.1 Å². The summed E-state index contributed by atoms with van der Waals surface area (Å²) in [5.41, 5.74) is 12.4. The van der Waals surface area contributed by atoms with E-state index in [-0.39, 0.29) is 24.7 Å². The molecule has 15 heteroatoms. The average molecular weight is 629 g/mol. The number of aliphatic carboxylic acids is 1. The van der Waals surface area contributed by atoms with Gasteiger partial charge in [0, 0.05) is 44.7 Å². The number of rotatable bonds is 19. The molecule has 250 valence electrons. The smallest absolute Gasteiger partial charge is 0.320 e. The lowest BCUT2D eigenvalue weighted by molar-refractivity contribution is -0.138. The molecule has 9 N–H and O–H groups in total. The number of piperidine rings is 1. The molecule has 45 heavy (non-hydrogen) atoms. The van der Waals surface area contributed by atoms with Crippen molar-refractivity contribution >= 4 is 29.5 Å². The highest BCUT2D eigenvalue weighted by molar-refractivity contribution is 5.78. The third kappa shape index (κ3) is 12.4. The number of carboxylic acid groups (broad SMARTS) is 1. The minimum absolute atomic E-state index is 0.0880. The van der Waals surface area contributed by atoms with Crippen LogP contribution in [0.15, 0.2) is 12.3 Å². The van der Waals surface area contributed by atoms with E-state index in [1.54, 1.807) is 6.07 Å². The Morgan fingerprint density at radius 3 is 2.71 bits per heavy atom. The summed E-state index contributed by atoms with van der Waals surface area (Å²) in [4.78, 5) is 34.2. The standard InChI is InChI=1S/C30H52N12O3/c31-25(29(44)45)10-11-28(43)35-18-22-7-4-15-41(20-22)27-17-26(32)37-30(38-27)36-19-24-21-42(40-39-24)16-6-13-33-12-5-14-34-23-8-2-1-3-9-23/h17,21-23,25,33-34H,1-16,18-20,31H2,(H,35,43)(H,44,45)(H3,32,36,37,38)/t22?,25-/m0/s1. The molecule has 0 bridgehead atoms. The van der Waals surface area contributed by atoms with Crippen LogP contribution in [0.5, 0.6) is 0 Å². The first-order valence-electron chi connectivity index (χ1n) is 16.6. The summed E-state index contributed by atoms with van der Waals surface area (Å²) in [6, 6.07) is 1.46. The van der Waals surface area contributed by atoms with E-state index in [4.69, 9.17) is 21.6 Å². The molecule has 1 amide bonds. The zero-order chi connectivity index (χ0) is 31.9. The quantitative estimate of drug-likeness (QED) is 0.109. The molecular weight excluding hydrogens is 576 g/mol. The van der Waals surface area contributed by atoms with Crippen molar-refractivity contribution in [2.24, 2.45) is 11.7 Å². The van der Waals surface area contributed by atoms with Gasteiger partial charge >= 0.3 is 5.97 Å². The number of hydrogen-bond acceptors (Lipinski definition) is 12. The Kier molecular flexibility index (Phi) is 14.0. The maximum atomic E-state index is 12.2. The van der Waals surface area contributed by atoms with Crippen LogP contribution in [0.25, 0.3) is 0 Å². The van der Waals surface area contributed by atoms with Gasteiger partial charge in [-0.2, -0.15) is 9.97 Å². The van der Waals surface area contributed by atoms with Gasteiger partial charge in [0.15, 0.2) is 0 Å².